The summed E-state index contributed by atoms with van der Waals surface area (Å²) < 4.78 is 6.49. The SMILES string of the molecule is C=C(CC)Cn1c(C(=O)OC)cnc1C. The number of ether oxygens (including phenoxy) is 1. The Morgan fingerprint density at radius 2 is 2.33 bits per heavy atom. The number of aromatic nitrogens is 2. The van der Waals surface area contributed by atoms with Crippen LogP contribution in [0.25, 0.3) is 0 Å². The van der Waals surface area contributed by atoms with E-state index >= 15 is 0 Å². The maximum absolute atomic E-state index is 11.4. The van der Waals surface area contributed by atoms with Gasteiger partial charge in [0.05, 0.1) is 13.3 Å². The largest absolute Gasteiger partial charge is 0.464 e. The Kier molecular flexibility index (Phi) is 3.66. The Morgan fingerprint density at radius 1 is 1.67 bits per heavy atom. The highest BCUT2D eigenvalue weighted by Gasteiger charge is 2.14. The van der Waals surface area contributed by atoms with E-state index in [-0.39, 0.29) is 5.97 Å². The van der Waals surface area contributed by atoms with Gasteiger partial charge in [-0.15, -0.1) is 0 Å². The molecule has 1 heterocycles. The molecule has 0 aliphatic rings. The van der Waals surface area contributed by atoms with E-state index in [1.165, 1.54) is 13.3 Å². The molecule has 0 saturated heterocycles. The van der Waals surface area contributed by atoms with Crippen molar-refractivity contribution in [2.45, 2.75) is 26.8 Å². The molecule has 82 valence electrons. The Balaban J connectivity index is 2.99. The first kappa shape index (κ1) is 11.5. The van der Waals surface area contributed by atoms with Crippen molar-refractivity contribution in [1.29, 1.82) is 0 Å². The van der Waals surface area contributed by atoms with Crippen LogP contribution < -0.4 is 0 Å². The van der Waals surface area contributed by atoms with Gasteiger partial charge in [0, 0.05) is 6.54 Å². The molecule has 0 unspecified atom stereocenters. The van der Waals surface area contributed by atoms with Crippen LogP contribution in [-0.4, -0.2) is 22.6 Å². The van der Waals surface area contributed by atoms with Gasteiger partial charge < -0.3 is 9.30 Å². The molecule has 0 bridgehead atoms. The number of carbonyl (C=O) groups excluding carboxylic acids is 1. The fourth-order valence-electron chi connectivity index (χ4n) is 1.27. The Morgan fingerprint density at radius 3 is 2.87 bits per heavy atom. The van der Waals surface area contributed by atoms with Crippen LogP contribution in [0.4, 0.5) is 0 Å². The van der Waals surface area contributed by atoms with Crippen LogP contribution >= 0.6 is 0 Å². The van der Waals surface area contributed by atoms with Crippen LogP contribution in [-0.2, 0) is 11.3 Å². The zero-order valence-electron chi connectivity index (χ0n) is 9.41. The Labute approximate surface area is 89.6 Å². The Hall–Kier alpha value is -1.58. The number of hydrogen-bond donors (Lipinski definition) is 0. The molecule has 0 aliphatic heterocycles. The number of methoxy groups -OCH3 is 1. The maximum atomic E-state index is 11.4. The number of imidazole rings is 1. The number of esters is 1. The van der Waals surface area contributed by atoms with E-state index in [0.29, 0.717) is 12.2 Å². The lowest BCUT2D eigenvalue weighted by Crippen LogP contribution is -2.12. The van der Waals surface area contributed by atoms with Gasteiger partial charge in [0.2, 0.25) is 0 Å². The second-order valence-electron chi connectivity index (χ2n) is 3.37. The average molecular weight is 208 g/mol. The van der Waals surface area contributed by atoms with Crippen molar-refractivity contribution in [2.75, 3.05) is 7.11 Å². The predicted octanol–water partition coefficient (Wildman–Crippen LogP) is 1.94. The highest BCUT2D eigenvalue weighted by atomic mass is 16.5. The second-order valence-corrected chi connectivity index (χ2v) is 3.37. The number of aryl methyl sites for hydroxylation is 1. The van der Waals surface area contributed by atoms with E-state index in [0.717, 1.165) is 17.8 Å². The molecular formula is C11H16N2O2. The van der Waals surface area contributed by atoms with Gasteiger partial charge in [-0.1, -0.05) is 19.1 Å². The van der Waals surface area contributed by atoms with Gasteiger partial charge >= 0.3 is 5.97 Å². The molecule has 0 spiro atoms. The average Bonchev–Trinajstić information content (AvgIpc) is 2.59. The first-order valence-electron chi connectivity index (χ1n) is 4.87. The number of allylic oxidation sites excluding steroid dienone is 1. The third-order valence-electron chi connectivity index (χ3n) is 2.33. The first-order chi connectivity index (χ1) is 7.10. The van der Waals surface area contributed by atoms with Crippen LogP contribution in [0.15, 0.2) is 18.3 Å². The summed E-state index contributed by atoms with van der Waals surface area (Å²) in [6.07, 6.45) is 2.42. The number of hydrogen-bond acceptors (Lipinski definition) is 3. The van der Waals surface area contributed by atoms with Crippen molar-refractivity contribution in [3.8, 4) is 0 Å². The van der Waals surface area contributed by atoms with E-state index < -0.39 is 0 Å². The van der Waals surface area contributed by atoms with E-state index in [2.05, 4.69) is 16.3 Å². The molecule has 1 aromatic heterocycles. The highest BCUT2D eigenvalue weighted by Crippen LogP contribution is 2.10. The fourth-order valence-corrected chi connectivity index (χ4v) is 1.27. The van der Waals surface area contributed by atoms with Crippen LogP contribution in [0, 0.1) is 6.92 Å². The fraction of sp³-hybridized carbons (Fsp3) is 0.455. The highest BCUT2D eigenvalue weighted by molar-refractivity contribution is 5.87. The van der Waals surface area contributed by atoms with E-state index in [4.69, 9.17) is 0 Å². The van der Waals surface area contributed by atoms with Crippen LogP contribution in [0.1, 0.15) is 29.7 Å². The topological polar surface area (TPSA) is 44.1 Å². The molecule has 0 saturated carbocycles. The quantitative estimate of drug-likeness (QED) is 0.561. The minimum absolute atomic E-state index is 0.362. The molecule has 15 heavy (non-hydrogen) atoms. The summed E-state index contributed by atoms with van der Waals surface area (Å²) in [4.78, 5) is 15.5. The predicted molar refractivity (Wildman–Crippen MR) is 57.7 cm³/mol. The van der Waals surface area contributed by atoms with Crippen LogP contribution in [0.3, 0.4) is 0 Å². The minimum atomic E-state index is -0.362. The van der Waals surface area contributed by atoms with Gasteiger partial charge in [0.25, 0.3) is 0 Å². The molecule has 0 aromatic carbocycles. The lowest BCUT2D eigenvalue weighted by molar-refractivity contribution is 0.0588. The zero-order valence-corrected chi connectivity index (χ0v) is 9.41. The summed E-state index contributed by atoms with van der Waals surface area (Å²) in [5.41, 5.74) is 1.53. The van der Waals surface area contributed by atoms with Gasteiger partial charge in [-0.05, 0) is 13.3 Å². The van der Waals surface area contributed by atoms with Gasteiger partial charge in [-0.25, -0.2) is 9.78 Å². The number of nitrogens with zero attached hydrogens (tertiary/aromatic N) is 2. The summed E-state index contributed by atoms with van der Waals surface area (Å²) in [7, 11) is 1.36. The third kappa shape index (κ3) is 2.46. The summed E-state index contributed by atoms with van der Waals surface area (Å²) >= 11 is 0. The van der Waals surface area contributed by atoms with Crippen molar-refractivity contribution < 1.29 is 9.53 Å². The monoisotopic (exact) mass is 208 g/mol. The molecular weight excluding hydrogens is 192 g/mol. The number of carbonyl (C=O) groups is 1. The lowest BCUT2D eigenvalue weighted by atomic mass is 10.2. The molecule has 0 aliphatic carbocycles. The van der Waals surface area contributed by atoms with E-state index in [1.54, 1.807) is 0 Å². The smallest absolute Gasteiger partial charge is 0.356 e. The van der Waals surface area contributed by atoms with E-state index in [1.807, 2.05) is 18.4 Å². The molecule has 1 aromatic rings. The van der Waals surface area contributed by atoms with Crippen LogP contribution in [0.2, 0.25) is 0 Å². The molecule has 0 radical (unpaired) electrons. The second kappa shape index (κ2) is 4.77. The van der Waals surface area contributed by atoms with Crippen molar-refractivity contribution in [3.63, 3.8) is 0 Å². The minimum Gasteiger partial charge on any atom is -0.464 e. The van der Waals surface area contributed by atoms with Crippen molar-refractivity contribution in [2.24, 2.45) is 0 Å². The molecule has 0 atom stereocenters. The normalized spacial score (nSPS) is 10.1. The van der Waals surface area contributed by atoms with Gasteiger partial charge in [0.15, 0.2) is 0 Å². The van der Waals surface area contributed by atoms with Crippen molar-refractivity contribution in [3.05, 3.63) is 29.9 Å². The summed E-state index contributed by atoms with van der Waals surface area (Å²) in [5, 5.41) is 0. The zero-order chi connectivity index (χ0) is 11.4. The number of rotatable bonds is 4. The van der Waals surface area contributed by atoms with Gasteiger partial charge in [0.1, 0.15) is 11.5 Å². The first-order valence-corrected chi connectivity index (χ1v) is 4.87. The van der Waals surface area contributed by atoms with Gasteiger partial charge in [-0.3, -0.25) is 0 Å². The molecule has 1 rings (SSSR count). The molecule has 0 N–H and O–H groups in total. The summed E-state index contributed by atoms with van der Waals surface area (Å²) in [6.45, 7) is 8.42. The molecule has 4 nitrogen and oxygen atoms in total. The van der Waals surface area contributed by atoms with E-state index in [9.17, 15) is 4.79 Å². The molecule has 0 amide bonds. The third-order valence-corrected chi connectivity index (χ3v) is 2.33. The summed E-state index contributed by atoms with van der Waals surface area (Å²) in [5.74, 6) is 0.435. The van der Waals surface area contributed by atoms with Crippen molar-refractivity contribution >= 4 is 5.97 Å². The standard InChI is InChI=1S/C11H16N2O2/c1-5-8(2)7-13-9(3)12-6-10(13)11(14)15-4/h6H,2,5,7H2,1,3-4H3. The molecule has 0 fully saturated rings. The maximum Gasteiger partial charge on any atom is 0.356 e. The molecule has 4 heteroatoms. The van der Waals surface area contributed by atoms with Crippen LogP contribution in [0.5, 0.6) is 0 Å². The lowest BCUT2D eigenvalue weighted by Gasteiger charge is -2.09. The van der Waals surface area contributed by atoms with Gasteiger partial charge in [-0.2, -0.15) is 0 Å². The Bertz CT molecular complexity index is 380. The summed E-state index contributed by atoms with van der Waals surface area (Å²) in [6, 6.07) is 0. The van der Waals surface area contributed by atoms with Crippen molar-refractivity contribution in [1.82, 2.24) is 9.55 Å².